The van der Waals surface area contributed by atoms with E-state index in [1.165, 1.54) is 9.08 Å². The second-order valence-electron chi connectivity index (χ2n) is 9.09. The van der Waals surface area contributed by atoms with E-state index < -0.39 is 0 Å². The van der Waals surface area contributed by atoms with Crippen LogP contribution in [0.1, 0.15) is 25.8 Å². The van der Waals surface area contributed by atoms with E-state index in [9.17, 15) is 9.59 Å². The molecule has 1 saturated heterocycles. The van der Waals surface area contributed by atoms with E-state index in [4.69, 9.17) is 4.52 Å². The molecule has 5 rings (SSSR count). The zero-order valence-electron chi connectivity index (χ0n) is 18.9. The van der Waals surface area contributed by atoms with Crippen molar-refractivity contribution in [3.8, 4) is 22.8 Å². The van der Waals surface area contributed by atoms with Gasteiger partial charge in [-0.3, -0.25) is 4.79 Å². The highest BCUT2D eigenvalue weighted by molar-refractivity contribution is 5.76. The molecular weight excluding hydrogens is 420 g/mol. The molecule has 9 heteroatoms. The normalized spacial score (nSPS) is 18.7. The summed E-state index contributed by atoms with van der Waals surface area (Å²) in [7, 11) is 0. The molecule has 3 aromatic heterocycles. The molecule has 0 radical (unpaired) electrons. The van der Waals surface area contributed by atoms with Crippen molar-refractivity contribution in [3.63, 3.8) is 0 Å². The number of rotatable bonds is 4. The van der Waals surface area contributed by atoms with Gasteiger partial charge in [-0.2, -0.15) is 4.98 Å². The predicted molar refractivity (Wildman–Crippen MR) is 122 cm³/mol. The SMILES string of the molecule is Cc1ccc(-c2noc(-c3cccn4c(=O)n(CC(=O)N5C[C@H](C)C[C@@H](C)C5)nc34)n2)cc1. The molecule has 0 unspecified atom stereocenters. The van der Waals surface area contributed by atoms with Gasteiger partial charge in [0.05, 0.1) is 5.56 Å². The fraction of sp³-hybridized carbons (Fsp3) is 0.375. The van der Waals surface area contributed by atoms with Crippen LogP contribution in [0.25, 0.3) is 28.5 Å². The van der Waals surface area contributed by atoms with Crippen LogP contribution in [0.4, 0.5) is 0 Å². The summed E-state index contributed by atoms with van der Waals surface area (Å²) >= 11 is 0. The fourth-order valence-corrected chi connectivity index (χ4v) is 4.56. The van der Waals surface area contributed by atoms with Crippen LogP contribution in [0.5, 0.6) is 0 Å². The highest BCUT2D eigenvalue weighted by Gasteiger charge is 2.26. The number of aromatic nitrogens is 5. The molecule has 1 aliphatic heterocycles. The van der Waals surface area contributed by atoms with Crippen molar-refractivity contribution in [2.45, 2.75) is 33.7 Å². The lowest BCUT2D eigenvalue weighted by Gasteiger charge is -2.34. The van der Waals surface area contributed by atoms with E-state index in [1.807, 2.05) is 36.1 Å². The number of hydrogen-bond donors (Lipinski definition) is 0. The van der Waals surface area contributed by atoms with Gasteiger partial charge in [0.25, 0.3) is 5.89 Å². The van der Waals surface area contributed by atoms with Crippen LogP contribution in [-0.2, 0) is 11.3 Å². The summed E-state index contributed by atoms with van der Waals surface area (Å²) in [6.45, 7) is 7.62. The van der Waals surface area contributed by atoms with Gasteiger partial charge >= 0.3 is 5.69 Å². The van der Waals surface area contributed by atoms with E-state index >= 15 is 0 Å². The predicted octanol–water partition coefficient (Wildman–Crippen LogP) is 3.03. The minimum Gasteiger partial charge on any atom is -0.341 e. The van der Waals surface area contributed by atoms with Gasteiger partial charge in [0, 0.05) is 24.8 Å². The highest BCUT2D eigenvalue weighted by Crippen LogP contribution is 2.25. The molecule has 0 bridgehead atoms. The lowest BCUT2D eigenvalue weighted by Crippen LogP contribution is -2.45. The van der Waals surface area contributed by atoms with Crippen molar-refractivity contribution in [3.05, 3.63) is 58.6 Å². The Labute approximate surface area is 190 Å². The van der Waals surface area contributed by atoms with E-state index in [0.717, 1.165) is 17.5 Å². The van der Waals surface area contributed by atoms with Crippen molar-refractivity contribution in [2.24, 2.45) is 11.8 Å². The first-order valence-electron chi connectivity index (χ1n) is 11.2. The lowest BCUT2D eigenvalue weighted by atomic mass is 9.92. The third-order valence-electron chi connectivity index (χ3n) is 6.08. The number of benzene rings is 1. The van der Waals surface area contributed by atoms with Crippen LogP contribution in [-0.4, -0.2) is 48.2 Å². The van der Waals surface area contributed by atoms with E-state index in [1.54, 1.807) is 18.3 Å². The van der Waals surface area contributed by atoms with Crippen LogP contribution < -0.4 is 5.69 Å². The smallest absolute Gasteiger partial charge is 0.341 e. The molecule has 4 aromatic rings. The number of likely N-dealkylation sites (tertiary alicyclic amines) is 1. The molecule has 0 saturated carbocycles. The minimum absolute atomic E-state index is 0.0973. The quantitative estimate of drug-likeness (QED) is 0.478. The maximum Gasteiger partial charge on any atom is 0.350 e. The van der Waals surface area contributed by atoms with Crippen LogP contribution in [0.15, 0.2) is 51.9 Å². The van der Waals surface area contributed by atoms with Crippen LogP contribution in [0.3, 0.4) is 0 Å². The fourth-order valence-electron chi connectivity index (χ4n) is 4.56. The van der Waals surface area contributed by atoms with Crippen LogP contribution in [0.2, 0.25) is 0 Å². The van der Waals surface area contributed by atoms with Gasteiger partial charge in [-0.1, -0.05) is 48.8 Å². The highest BCUT2D eigenvalue weighted by atomic mass is 16.5. The molecular formula is C24H26N6O3. The Morgan fingerprint density at radius 3 is 2.58 bits per heavy atom. The molecule has 2 atom stereocenters. The van der Waals surface area contributed by atoms with Crippen molar-refractivity contribution >= 4 is 11.6 Å². The third-order valence-corrected chi connectivity index (χ3v) is 6.08. The van der Waals surface area contributed by atoms with Crippen molar-refractivity contribution in [2.75, 3.05) is 13.1 Å². The maximum atomic E-state index is 12.9. The van der Waals surface area contributed by atoms with Gasteiger partial charge in [-0.05, 0) is 37.3 Å². The second kappa shape index (κ2) is 8.31. The molecule has 170 valence electrons. The summed E-state index contributed by atoms with van der Waals surface area (Å²) < 4.78 is 8.10. The number of carbonyl (C=O) groups excluding carboxylic acids is 1. The van der Waals surface area contributed by atoms with Gasteiger partial charge in [0.15, 0.2) is 5.65 Å². The Morgan fingerprint density at radius 1 is 1.12 bits per heavy atom. The first-order chi connectivity index (χ1) is 15.9. The monoisotopic (exact) mass is 446 g/mol. The molecule has 1 aromatic carbocycles. The number of aryl methyl sites for hydroxylation is 1. The molecule has 9 nitrogen and oxygen atoms in total. The van der Waals surface area contributed by atoms with Crippen LogP contribution in [0, 0.1) is 18.8 Å². The minimum atomic E-state index is -0.378. The molecule has 0 aliphatic carbocycles. The van der Waals surface area contributed by atoms with Crippen LogP contribution >= 0.6 is 0 Å². The Morgan fingerprint density at radius 2 is 1.85 bits per heavy atom. The van der Waals surface area contributed by atoms with Gasteiger partial charge < -0.3 is 9.42 Å². The molecule has 1 fully saturated rings. The summed E-state index contributed by atoms with van der Waals surface area (Å²) in [5.74, 6) is 1.51. The largest absolute Gasteiger partial charge is 0.350 e. The summed E-state index contributed by atoms with van der Waals surface area (Å²) in [6.07, 6.45) is 2.73. The van der Waals surface area contributed by atoms with Gasteiger partial charge in [0.2, 0.25) is 11.7 Å². The summed E-state index contributed by atoms with van der Waals surface area (Å²) in [6, 6.07) is 11.3. The number of carbonyl (C=O) groups is 1. The molecule has 1 aliphatic rings. The Kier molecular flexibility index (Phi) is 5.32. The summed E-state index contributed by atoms with van der Waals surface area (Å²) in [5, 5.41) is 8.53. The summed E-state index contributed by atoms with van der Waals surface area (Å²) in [5.41, 5.74) is 2.50. The molecule has 1 amide bonds. The van der Waals surface area contributed by atoms with Crippen molar-refractivity contribution in [1.29, 1.82) is 0 Å². The van der Waals surface area contributed by atoms with Gasteiger partial charge in [-0.25, -0.2) is 13.9 Å². The van der Waals surface area contributed by atoms with E-state index in [-0.39, 0.29) is 24.0 Å². The lowest BCUT2D eigenvalue weighted by molar-refractivity contribution is -0.134. The zero-order valence-corrected chi connectivity index (χ0v) is 18.9. The summed E-state index contributed by atoms with van der Waals surface area (Å²) in [4.78, 5) is 32.2. The topological polar surface area (TPSA) is 98.5 Å². The number of nitrogens with zero attached hydrogens (tertiary/aromatic N) is 6. The third kappa shape index (κ3) is 4.06. The van der Waals surface area contributed by atoms with Gasteiger partial charge in [-0.15, -0.1) is 5.10 Å². The number of pyridine rings is 1. The van der Waals surface area contributed by atoms with Crippen molar-refractivity contribution < 1.29 is 9.32 Å². The molecule has 0 spiro atoms. The molecule has 4 heterocycles. The number of amides is 1. The van der Waals surface area contributed by atoms with E-state index in [0.29, 0.717) is 42.0 Å². The first-order valence-corrected chi connectivity index (χ1v) is 11.2. The standard InChI is InChI=1S/C24H26N6O3/c1-15-6-8-18(9-7-15)21-25-23(33-27-21)19-5-4-10-29-22(19)26-30(24(29)32)14-20(31)28-12-16(2)11-17(3)13-28/h4-10,16-17H,11-14H2,1-3H3/t16-,17-/m1/s1. The molecule has 0 N–H and O–H groups in total. The molecule has 33 heavy (non-hydrogen) atoms. The Hall–Kier alpha value is -3.75. The number of piperidine rings is 1. The first kappa shape index (κ1) is 21.1. The Bertz CT molecular complexity index is 1360. The maximum absolute atomic E-state index is 12.9. The second-order valence-corrected chi connectivity index (χ2v) is 9.09. The van der Waals surface area contributed by atoms with Gasteiger partial charge in [0.1, 0.15) is 6.54 Å². The average Bonchev–Trinajstić information content (AvgIpc) is 3.39. The zero-order chi connectivity index (χ0) is 23.1. The van der Waals surface area contributed by atoms with Crippen molar-refractivity contribution in [1.82, 2.24) is 29.2 Å². The Balaban J connectivity index is 1.45. The van der Waals surface area contributed by atoms with E-state index in [2.05, 4.69) is 29.1 Å². The number of fused-ring (bicyclic) bond motifs is 1. The number of hydrogen-bond acceptors (Lipinski definition) is 6. The average molecular weight is 447 g/mol.